The van der Waals surface area contributed by atoms with Crippen LogP contribution in [0.3, 0.4) is 0 Å². The molecule has 8 heteroatoms. The standard InChI is InChI=1S/C22H17FN2O3S2/c1-13(26)14-3-8-19(28-2)15(11-14)12-30-22-24-18-9-10-29-20(18)21(27)25(22)17-6-4-16(23)5-7-17/h3-11H,12H2,1-2H3. The highest BCUT2D eigenvalue weighted by atomic mass is 32.2. The molecule has 152 valence electrons. The number of fused-ring (bicyclic) bond motifs is 1. The third kappa shape index (κ3) is 3.88. The molecule has 0 saturated carbocycles. The van der Waals surface area contributed by atoms with Crippen molar-refractivity contribution < 1.29 is 13.9 Å². The van der Waals surface area contributed by atoms with E-state index in [1.165, 1.54) is 46.7 Å². The quantitative estimate of drug-likeness (QED) is 0.237. The minimum absolute atomic E-state index is 0.0371. The highest BCUT2D eigenvalue weighted by Crippen LogP contribution is 2.30. The first kappa shape index (κ1) is 20.3. The number of hydrogen-bond donors (Lipinski definition) is 0. The van der Waals surface area contributed by atoms with Gasteiger partial charge in [0, 0.05) is 16.9 Å². The maximum absolute atomic E-state index is 13.4. The second kappa shape index (κ2) is 8.41. The summed E-state index contributed by atoms with van der Waals surface area (Å²) in [6, 6.07) is 12.8. The van der Waals surface area contributed by atoms with Gasteiger partial charge in [-0.1, -0.05) is 11.8 Å². The molecule has 4 rings (SSSR count). The van der Waals surface area contributed by atoms with E-state index in [2.05, 4.69) is 4.98 Å². The number of aromatic nitrogens is 2. The third-order valence-electron chi connectivity index (χ3n) is 4.58. The fourth-order valence-corrected chi connectivity index (χ4v) is 4.81. The summed E-state index contributed by atoms with van der Waals surface area (Å²) >= 11 is 2.68. The molecule has 2 heterocycles. The molecule has 2 aromatic heterocycles. The van der Waals surface area contributed by atoms with Crippen LogP contribution in [0, 0.1) is 5.82 Å². The summed E-state index contributed by atoms with van der Waals surface area (Å²) in [4.78, 5) is 29.6. The minimum atomic E-state index is -0.378. The molecule has 5 nitrogen and oxygen atoms in total. The molecule has 2 aromatic carbocycles. The summed E-state index contributed by atoms with van der Waals surface area (Å²) in [5.74, 6) is 0.676. The Balaban J connectivity index is 1.79. The number of rotatable bonds is 6. The number of thiophene rings is 1. The number of carbonyl (C=O) groups is 1. The Kier molecular flexibility index (Phi) is 5.69. The average Bonchev–Trinajstić information content (AvgIpc) is 3.22. The summed E-state index contributed by atoms with van der Waals surface area (Å²) in [7, 11) is 1.57. The molecule has 0 unspecified atom stereocenters. The topological polar surface area (TPSA) is 61.2 Å². The van der Waals surface area contributed by atoms with Gasteiger partial charge in [0.05, 0.1) is 18.3 Å². The van der Waals surface area contributed by atoms with E-state index >= 15 is 0 Å². The van der Waals surface area contributed by atoms with Gasteiger partial charge >= 0.3 is 0 Å². The molecule has 0 aliphatic rings. The number of Topliss-reactive ketones (excluding diaryl/α,β-unsaturated/α-hetero) is 1. The van der Waals surface area contributed by atoms with Gasteiger partial charge in [-0.25, -0.2) is 9.37 Å². The lowest BCUT2D eigenvalue weighted by Gasteiger charge is -2.13. The summed E-state index contributed by atoms with van der Waals surface area (Å²) < 4.78 is 20.9. The van der Waals surface area contributed by atoms with Crippen molar-refractivity contribution >= 4 is 39.1 Å². The molecule has 0 atom stereocenters. The second-order valence-corrected chi connectivity index (χ2v) is 8.38. The van der Waals surface area contributed by atoms with E-state index in [9.17, 15) is 14.0 Å². The smallest absolute Gasteiger partial charge is 0.276 e. The molecule has 0 spiro atoms. The first-order chi connectivity index (χ1) is 14.5. The first-order valence-electron chi connectivity index (χ1n) is 9.05. The van der Waals surface area contributed by atoms with Gasteiger partial charge in [-0.15, -0.1) is 11.3 Å². The molecule has 0 aliphatic carbocycles. The Morgan fingerprint density at radius 2 is 1.97 bits per heavy atom. The largest absolute Gasteiger partial charge is 0.496 e. The van der Waals surface area contributed by atoms with Crippen LogP contribution in [0.1, 0.15) is 22.8 Å². The number of thioether (sulfide) groups is 1. The van der Waals surface area contributed by atoms with Crippen molar-refractivity contribution in [2.45, 2.75) is 17.8 Å². The third-order valence-corrected chi connectivity index (χ3v) is 6.46. The van der Waals surface area contributed by atoms with Gasteiger partial charge < -0.3 is 4.74 Å². The fraction of sp³-hybridized carbons (Fsp3) is 0.136. The monoisotopic (exact) mass is 440 g/mol. The second-order valence-electron chi connectivity index (χ2n) is 6.52. The molecule has 0 radical (unpaired) electrons. The minimum Gasteiger partial charge on any atom is -0.496 e. The first-order valence-corrected chi connectivity index (χ1v) is 10.9. The molecule has 0 amide bonds. The van der Waals surface area contributed by atoms with Gasteiger partial charge in [-0.2, -0.15) is 0 Å². The molecular weight excluding hydrogens is 423 g/mol. The van der Waals surface area contributed by atoms with E-state index in [0.29, 0.717) is 38.1 Å². The number of nitrogens with zero attached hydrogens (tertiary/aromatic N) is 2. The van der Waals surface area contributed by atoms with Crippen molar-refractivity contribution in [3.8, 4) is 11.4 Å². The number of benzene rings is 2. The molecule has 30 heavy (non-hydrogen) atoms. The van der Waals surface area contributed by atoms with E-state index in [1.54, 1.807) is 43.5 Å². The molecule has 0 N–H and O–H groups in total. The van der Waals surface area contributed by atoms with Gasteiger partial charge in [0.25, 0.3) is 5.56 Å². The van der Waals surface area contributed by atoms with E-state index in [4.69, 9.17) is 4.74 Å². The van der Waals surface area contributed by atoms with E-state index in [1.807, 2.05) is 5.38 Å². The van der Waals surface area contributed by atoms with Gasteiger partial charge in [-0.3, -0.25) is 14.2 Å². The van der Waals surface area contributed by atoms with Crippen molar-refractivity contribution in [1.82, 2.24) is 9.55 Å². The summed E-state index contributed by atoms with van der Waals surface area (Å²) in [6.45, 7) is 1.51. The van der Waals surface area contributed by atoms with Crippen LogP contribution >= 0.6 is 23.1 Å². The Labute approximate surface area is 180 Å². The van der Waals surface area contributed by atoms with Crippen molar-refractivity contribution in [3.05, 3.63) is 81.2 Å². The van der Waals surface area contributed by atoms with Crippen molar-refractivity contribution in [2.75, 3.05) is 7.11 Å². The van der Waals surface area contributed by atoms with Crippen molar-refractivity contribution in [1.29, 1.82) is 0 Å². The summed E-state index contributed by atoms with van der Waals surface area (Å²) in [5.41, 5.74) is 2.36. The fourth-order valence-electron chi connectivity index (χ4n) is 3.06. The van der Waals surface area contributed by atoms with Crippen LogP contribution in [0.2, 0.25) is 0 Å². The van der Waals surface area contributed by atoms with Crippen LogP contribution in [0.5, 0.6) is 5.75 Å². The lowest BCUT2D eigenvalue weighted by atomic mass is 10.1. The lowest BCUT2D eigenvalue weighted by Crippen LogP contribution is -2.20. The van der Waals surface area contributed by atoms with Gasteiger partial charge in [0.2, 0.25) is 0 Å². The Morgan fingerprint density at radius 3 is 2.67 bits per heavy atom. The maximum Gasteiger partial charge on any atom is 0.276 e. The number of ether oxygens (including phenoxy) is 1. The Bertz CT molecular complexity index is 1300. The number of carbonyl (C=O) groups excluding carboxylic acids is 1. The number of methoxy groups -OCH3 is 1. The lowest BCUT2D eigenvalue weighted by molar-refractivity contribution is 0.101. The van der Waals surface area contributed by atoms with E-state index < -0.39 is 0 Å². The van der Waals surface area contributed by atoms with E-state index in [-0.39, 0.29) is 17.2 Å². The normalized spacial score (nSPS) is 11.0. The zero-order chi connectivity index (χ0) is 21.3. The number of halogens is 1. The summed E-state index contributed by atoms with van der Waals surface area (Å²) in [5, 5.41) is 2.30. The molecular formula is C22H17FN2O3S2. The summed E-state index contributed by atoms with van der Waals surface area (Å²) in [6.07, 6.45) is 0. The Hall–Kier alpha value is -2.97. The molecule has 0 aliphatic heterocycles. The average molecular weight is 441 g/mol. The van der Waals surface area contributed by atoms with Crippen LogP contribution in [0.15, 0.2) is 63.9 Å². The van der Waals surface area contributed by atoms with Crippen molar-refractivity contribution in [2.24, 2.45) is 0 Å². The predicted octanol–water partition coefficient (Wildman–Crippen LogP) is 5.09. The van der Waals surface area contributed by atoms with Crippen LogP contribution in [-0.4, -0.2) is 22.4 Å². The maximum atomic E-state index is 13.4. The van der Waals surface area contributed by atoms with Crippen LogP contribution in [-0.2, 0) is 5.75 Å². The Morgan fingerprint density at radius 1 is 1.20 bits per heavy atom. The van der Waals surface area contributed by atoms with Gasteiger partial charge in [0.15, 0.2) is 10.9 Å². The molecule has 0 bridgehead atoms. The zero-order valence-corrected chi connectivity index (χ0v) is 17.8. The van der Waals surface area contributed by atoms with Crippen LogP contribution < -0.4 is 10.3 Å². The van der Waals surface area contributed by atoms with Crippen molar-refractivity contribution in [3.63, 3.8) is 0 Å². The van der Waals surface area contributed by atoms with E-state index in [0.717, 1.165) is 5.56 Å². The van der Waals surface area contributed by atoms with Crippen LogP contribution in [0.4, 0.5) is 4.39 Å². The van der Waals surface area contributed by atoms with Gasteiger partial charge in [0.1, 0.15) is 16.3 Å². The highest BCUT2D eigenvalue weighted by Gasteiger charge is 2.16. The zero-order valence-electron chi connectivity index (χ0n) is 16.2. The number of ketones is 1. The molecule has 0 fully saturated rings. The van der Waals surface area contributed by atoms with Crippen LogP contribution in [0.25, 0.3) is 15.9 Å². The van der Waals surface area contributed by atoms with Gasteiger partial charge in [-0.05, 0) is 60.8 Å². The molecule has 4 aromatic rings. The number of hydrogen-bond acceptors (Lipinski definition) is 6. The predicted molar refractivity (Wildman–Crippen MR) is 118 cm³/mol. The molecule has 0 saturated heterocycles. The SMILES string of the molecule is COc1ccc(C(C)=O)cc1CSc1nc2ccsc2c(=O)n1-c1ccc(F)cc1. The highest BCUT2D eigenvalue weighted by molar-refractivity contribution is 7.98.